The molecular formula is C34H60N2O3S. The Morgan fingerprint density at radius 3 is 2.27 bits per heavy atom. The van der Waals surface area contributed by atoms with Crippen LogP contribution in [0.3, 0.4) is 0 Å². The number of hydrogen-bond acceptors (Lipinski definition) is 4. The standard InChI is InChI=1S/C34H60N2O3S/c1-7-24-28-20-22(37)10-17-34(28,6)27-13-18-33(5)25(8-9-26(33)29(27)30(24)38)21(2)14-19-35-31(39)36-40-23-11-15-32(3,4)16-12-23/h21-30,37-38H,7-20H2,1-6H3,(H2,35,36,39)/t21-,22-,24-,25-,26+,27+,28+,29+,30-,33-,34-/m1/s1. The summed E-state index contributed by atoms with van der Waals surface area (Å²) in [5, 5.41) is 26.2. The van der Waals surface area contributed by atoms with Crippen LogP contribution in [0.25, 0.3) is 0 Å². The van der Waals surface area contributed by atoms with Crippen LogP contribution in [0.15, 0.2) is 0 Å². The maximum atomic E-state index is 12.5. The molecule has 0 aromatic rings. The molecule has 5 rings (SSSR count). The molecule has 40 heavy (non-hydrogen) atoms. The zero-order valence-electron chi connectivity index (χ0n) is 26.4. The molecule has 0 spiro atoms. The van der Waals surface area contributed by atoms with E-state index < -0.39 is 0 Å². The van der Waals surface area contributed by atoms with Crippen molar-refractivity contribution < 1.29 is 15.0 Å². The van der Waals surface area contributed by atoms with Gasteiger partial charge in [-0.3, -0.25) is 4.72 Å². The Labute approximate surface area is 249 Å². The highest BCUT2D eigenvalue weighted by Crippen LogP contribution is 2.69. The molecule has 5 nitrogen and oxygen atoms in total. The third-order valence-electron chi connectivity index (χ3n) is 13.6. The third kappa shape index (κ3) is 5.73. The maximum absolute atomic E-state index is 12.5. The van der Waals surface area contributed by atoms with Gasteiger partial charge in [-0.2, -0.15) is 0 Å². The van der Waals surface area contributed by atoms with Crippen LogP contribution in [0.1, 0.15) is 125 Å². The normalized spacial score (nSPS) is 45.6. The van der Waals surface area contributed by atoms with Gasteiger partial charge in [0.1, 0.15) is 0 Å². The summed E-state index contributed by atoms with van der Waals surface area (Å²) >= 11 is 1.63. The van der Waals surface area contributed by atoms with Gasteiger partial charge >= 0.3 is 6.03 Å². The van der Waals surface area contributed by atoms with Crippen molar-refractivity contribution in [1.82, 2.24) is 10.0 Å². The van der Waals surface area contributed by atoms with Gasteiger partial charge in [-0.15, -0.1) is 0 Å². The number of rotatable bonds is 7. The number of aliphatic hydroxyl groups excluding tert-OH is 2. The van der Waals surface area contributed by atoms with E-state index in [9.17, 15) is 15.0 Å². The maximum Gasteiger partial charge on any atom is 0.324 e. The van der Waals surface area contributed by atoms with Gasteiger partial charge in [-0.25, -0.2) is 4.79 Å². The van der Waals surface area contributed by atoms with Gasteiger partial charge in [-0.1, -0.05) is 48.0 Å². The van der Waals surface area contributed by atoms with Crippen LogP contribution in [0.5, 0.6) is 0 Å². The van der Waals surface area contributed by atoms with Crippen LogP contribution in [0, 0.1) is 57.7 Å². The van der Waals surface area contributed by atoms with Gasteiger partial charge in [0.05, 0.1) is 12.2 Å². The Morgan fingerprint density at radius 1 is 0.900 bits per heavy atom. The van der Waals surface area contributed by atoms with Crippen LogP contribution in [-0.4, -0.2) is 40.2 Å². The van der Waals surface area contributed by atoms with Crippen molar-refractivity contribution in [2.45, 2.75) is 142 Å². The van der Waals surface area contributed by atoms with Crippen LogP contribution < -0.4 is 10.0 Å². The fourth-order valence-electron chi connectivity index (χ4n) is 11.2. The molecule has 5 aliphatic rings. The summed E-state index contributed by atoms with van der Waals surface area (Å²) in [4.78, 5) is 12.5. The average molecular weight is 577 g/mol. The first-order chi connectivity index (χ1) is 18.9. The van der Waals surface area contributed by atoms with Crippen LogP contribution in [0.2, 0.25) is 0 Å². The van der Waals surface area contributed by atoms with E-state index in [1.54, 1.807) is 11.9 Å². The summed E-state index contributed by atoms with van der Waals surface area (Å²) in [7, 11) is 0. The van der Waals surface area contributed by atoms with E-state index in [0.717, 1.165) is 38.6 Å². The van der Waals surface area contributed by atoms with E-state index in [0.29, 0.717) is 52.1 Å². The number of hydrogen-bond donors (Lipinski definition) is 4. The first-order valence-corrected chi connectivity index (χ1v) is 17.8. The minimum Gasteiger partial charge on any atom is -0.393 e. The van der Waals surface area contributed by atoms with Gasteiger partial charge in [-0.05, 0) is 147 Å². The Bertz CT molecular complexity index is 888. The lowest BCUT2D eigenvalue weighted by molar-refractivity contribution is -0.203. The first-order valence-electron chi connectivity index (χ1n) is 16.9. The summed E-state index contributed by atoms with van der Waals surface area (Å²) < 4.78 is 3.07. The number of aliphatic hydroxyl groups is 2. The third-order valence-corrected chi connectivity index (χ3v) is 14.7. The quantitative estimate of drug-likeness (QED) is 0.236. The largest absolute Gasteiger partial charge is 0.393 e. The van der Waals surface area contributed by atoms with Gasteiger partial charge in [0.15, 0.2) is 0 Å². The molecule has 0 aromatic carbocycles. The number of carbonyl (C=O) groups excluding carboxylic acids is 1. The van der Waals surface area contributed by atoms with Crippen molar-refractivity contribution in [3.63, 3.8) is 0 Å². The van der Waals surface area contributed by atoms with E-state index in [4.69, 9.17) is 0 Å². The molecule has 2 amide bonds. The van der Waals surface area contributed by atoms with Crippen LogP contribution in [0.4, 0.5) is 4.79 Å². The number of amides is 2. The second-order valence-corrected chi connectivity index (χ2v) is 17.3. The fourth-order valence-corrected chi connectivity index (χ4v) is 12.0. The minimum absolute atomic E-state index is 0.0330. The molecule has 11 atom stereocenters. The van der Waals surface area contributed by atoms with Crippen molar-refractivity contribution in [3.05, 3.63) is 0 Å². The van der Waals surface area contributed by atoms with Crippen LogP contribution in [-0.2, 0) is 0 Å². The van der Waals surface area contributed by atoms with E-state index >= 15 is 0 Å². The number of urea groups is 1. The molecule has 4 N–H and O–H groups in total. The average Bonchev–Trinajstić information content (AvgIpc) is 3.26. The number of nitrogens with one attached hydrogen (secondary N) is 2. The van der Waals surface area contributed by atoms with E-state index in [1.807, 2.05) is 0 Å². The van der Waals surface area contributed by atoms with E-state index in [2.05, 4.69) is 51.6 Å². The van der Waals surface area contributed by atoms with Crippen molar-refractivity contribution >= 4 is 18.0 Å². The SMILES string of the molecule is CC[C@H]1[C@@H](O)[C@@H]2[C@H](CC[C@]3(C)[C@@H]([C@H](C)CCNC(=O)NSC4CCC(C)(C)CC4)CC[C@@H]23)[C@@]2(C)CC[C@@H](O)C[C@@H]12. The molecule has 0 aliphatic heterocycles. The van der Waals surface area contributed by atoms with Gasteiger partial charge in [0.2, 0.25) is 0 Å². The molecule has 0 unspecified atom stereocenters. The predicted octanol–water partition coefficient (Wildman–Crippen LogP) is 7.56. The summed E-state index contributed by atoms with van der Waals surface area (Å²) in [5.74, 6) is 3.60. The van der Waals surface area contributed by atoms with Gasteiger partial charge < -0.3 is 15.5 Å². The Balaban J connectivity index is 1.16. The monoisotopic (exact) mass is 576 g/mol. The molecule has 0 aromatic heterocycles. The molecule has 230 valence electrons. The molecule has 5 fully saturated rings. The molecule has 0 radical (unpaired) electrons. The zero-order chi connectivity index (χ0) is 28.9. The molecule has 0 saturated heterocycles. The summed E-state index contributed by atoms with van der Waals surface area (Å²) in [6, 6.07) is -0.0330. The molecule has 0 bridgehead atoms. The lowest BCUT2D eigenvalue weighted by Gasteiger charge is -2.64. The van der Waals surface area contributed by atoms with Crippen molar-refractivity contribution in [3.8, 4) is 0 Å². The van der Waals surface area contributed by atoms with E-state index in [-0.39, 0.29) is 29.1 Å². The van der Waals surface area contributed by atoms with Crippen molar-refractivity contribution in [2.24, 2.45) is 57.7 Å². The summed E-state index contributed by atoms with van der Waals surface area (Å²) in [5.41, 5.74) is 0.999. The summed E-state index contributed by atoms with van der Waals surface area (Å²) in [6.45, 7) is 15.2. The summed E-state index contributed by atoms with van der Waals surface area (Å²) in [6.07, 6.45) is 14.4. The smallest absolute Gasteiger partial charge is 0.324 e. The van der Waals surface area contributed by atoms with Crippen molar-refractivity contribution in [2.75, 3.05) is 6.54 Å². The van der Waals surface area contributed by atoms with Crippen LogP contribution >= 0.6 is 11.9 Å². The highest BCUT2D eigenvalue weighted by Gasteiger charge is 2.64. The lowest BCUT2D eigenvalue weighted by atomic mass is 9.41. The zero-order valence-corrected chi connectivity index (χ0v) is 27.2. The first kappa shape index (κ1) is 31.0. The minimum atomic E-state index is -0.227. The highest BCUT2D eigenvalue weighted by atomic mass is 32.2. The second kappa shape index (κ2) is 11.9. The van der Waals surface area contributed by atoms with Gasteiger partial charge in [0, 0.05) is 11.8 Å². The second-order valence-electron chi connectivity index (χ2n) is 16.2. The Hall–Kier alpha value is -0.460. The van der Waals surface area contributed by atoms with Gasteiger partial charge in [0.25, 0.3) is 0 Å². The Kier molecular flexibility index (Phi) is 9.22. The highest BCUT2D eigenvalue weighted by molar-refractivity contribution is 7.98. The van der Waals surface area contributed by atoms with E-state index in [1.165, 1.54) is 51.4 Å². The Morgan fingerprint density at radius 2 is 1.57 bits per heavy atom. The fraction of sp³-hybridized carbons (Fsp3) is 0.971. The number of carbonyl (C=O) groups is 1. The molecule has 5 aliphatic carbocycles. The molecule has 0 heterocycles. The van der Waals surface area contributed by atoms with Crippen molar-refractivity contribution in [1.29, 1.82) is 0 Å². The molecule has 6 heteroatoms. The predicted molar refractivity (Wildman–Crippen MR) is 166 cm³/mol. The number of fused-ring (bicyclic) bond motifs is 5. The molecular weight excluding hydrogens is 516 g/mol. The topological polar surface area (TPSA) is 81.6 Å². The lowest BCUT2D eigenvalue weighted by Crippen LogP contribution is -2.62. The molecule has 5 saturated carbocycles.